The van der Waals surface area contributed by atoms with Crippen molar-refractivity contribution in [2.24, 2.45) is 4.99 Å². The Morgan fingerprint density at radius 2 is 2.04 bits per heavy atom. The number of methoxy groups -OCH3 is 1. The highest BCUT2D eigenvalue weighted by Gasteiger charge is 2.14. The van der Waals surface area contributed by atoms with Gasteiger partial charge in [0.15, 0.2) is 4.80 Å². The minimum atomic E-state index is -0.218. The van der Waals surface area contributed by atoms with Crippen molar-refractivity contribution in [2.75, 3.05) is 7.11 Å². The number of rotatable bonds is 3. The quantitative estimate of drug-likeness (QED) is 0.721. The van der Waals surface area contributed by atoms with E-state index in [0.717, 1.165) is 33.6 Å². The summed E-state index contributed by atoms with van der Waals surface area (Å²) in [6.07, 6.45) is 0. The van der Waals surface area contributed by atoms with Gasteiger partial charge in [0.05, 0.1) is 11.8 Å². The fourth-order valence-electron chi connectivity index (χ4n) is 2.75. The van der Waals surface area contributed by atoms with Gasteiger partial charge in [0.2, 0.25) is 0 Å². The van der Waals surface area contributed by atoms with Gasteiger partial charge in [-0.1, -0.05) is 35.1 Å². The average Bonchev–Trinajstić information content (AvgIpc) is 2.94. The first-order valence-electron chi connectivity index (χ1n) is 7.87. The molecule has 0 saturated carbocycles. The minimum Gasteiger partial charge on any atom is -0.495 e. The standard InChI is InChI=1S/C19H20N2O2S/c1-5-21-16-15(23-4)10-9-13(3)17(16)24-19(21)20-18(22)14-8-6-7-12(2)11-14/h6-11H,5H2,1-4H3. The average molecular weight is 340 g/mol. The fourth-order valence-corrected chi connectivity index (χ4v) is 3.93. The minimum absolute atomic E-state index is 0.218. The van der Waals surface area contributed by atoms with E-state index < -0.39 is 0 Å². The normalized spacial score (nSPS) is 11.9. The number of hydrogen-bond acceptors (Lipinski definition) is 3. The Morgan fingerprint density at radius 1 is 1.25 bits per heavy atom. The first-order valence-corrected chi connectivity index (χ1v) is 8.69. The monoisotopic (exact) mass is 340 g/mol. The van der Waals surface area contributed by atoms with Crippen LogP contribution in [0.1, 0.15) is 28.4 Å². The largest absolute Gasteiger partial charge is 0.495 e. The molecule has 4 nitrogen and oxygen atoms in total. The molecule has 0 bridgehead atoms. The SMILES string of the molecule is CCn1c(=NC(=O)c2cccc(C)c2)sc2c(C)ccc(OC)c21. The molecule has 5 heteroatoms. The molecule has 0 aliphatic heterocycles. The van der Waals surface area contributed by atoms with Gasteiger partial charge in [0.25, 0.3) is 5.91 Å². The van der Waals surface area contributed by atoms with Crippen molar-refractivity contribution < 1.29 is 9.53 Å². The molecular weight excluding hydrogens is 320 g/mol. The van der Waals surface area contributed by atoms with Crippen molar-refractivity contribution in [3.8, 4) is 5.75 Å². The number of hydrogen-bond donors (Lipinski definition) is 0. The number of aromatic nitrogens is 1. The number of aryl methyl sites for hydroxylation is 3. The van der Waals surface area contributed by atoms with E-state index in [1.807, 2.05) is 48.7 Å². The van der Waals surface area contributed by atoms with E-state index in [1.165, 1.54) is 11.3 Å². The second-order valence-electron chi connectivity index (χ2n) is 5.68. The Balaban J connectivity index is 2.22. The molecule has 3 rings (SSSR count). The molecule has 1 amide bonds. The maximum atomic E-state index is 12.5. The predicted molar refractivity (Wildman–Crippen MR) is 97.9 cm³/mol. The van der Waals surface area contributed by atoms with Crippen molar-refractivity contribution in [2.45, 2.75) is 27.3 Å². The zero-order valence-electron chi connectivity index (χ0n) is 14.3. The highest BCUT2D eigenvalue weighted by molar-refractivity contribution is 7.16. The van der Waals surface area contributed by atoms with E-state index in [0.29, 0.717) is 10.4 Å². The van der Waals surface area contributed by atoms with Crippen LogP contribution in [-0.4, -0.2) is 17.6 Å². The first kappa shape index (κ1) is 16.5. The highest BCUT2D eigenvalue weighted by atomic mass is 32.1. The van der Waals surface area contributed by atoms with Gasteiger partial charge in [0.1, 0.15) is 11.3 Å². The first-order chi connectivity index (χ1) is 11.5. The summed E-state index contributed by atoms with van der Waals surface area (Å²) in [4.78, 5) is 17.6. The molecule has 0 fully saturated rings. The molecule has 0 saturated heterocycles. The summed E-state index contributed by atoms with van der Waals surface area (Å²) in [6.45, 7) is 6.80. The van der Waals surface area contributed by atoms with E-state index in [4.69, 9.17) is 4.74 Å². The molecule has 0 spiro atoms. The number of thiazole rings is 1. The zero-order valence-corrected chi connectivity index (χ0v) is 15.1. The lowest BCUT2D eigenvalue weighted by Crippen LogP contribution is -2.16. The van der Waals surface area contributed by atoms with E-state index in [2.05, 4.69) is 11.9 Å². The molecule has 0 radical (unpaired) electrons. The van der Waals surface area contributed by atoms with Crippen LogP contribution in [-0.2, 0) is 6.54 Å². The maximum absolute atomic E-state index is 12.5. The number of carbonyl (C=O) groups excluding carboxylic acids is 1. The van der Waals surface area contributed by atoms with Crippen LogP contribution in [0.3, 0.4) is 0 Å². The van der Waals surface area contributed by atoms with Crippen LogP contribution in [0.4, 0.5) is 0 Å². The van der Waals surface area contributed by atoms with Crippen LogP contribution in [0.15, 0.2) is 41.4 Å². The topological polar surface area (TPSA) is 43.6 Å². The van der Waals surface area contributed by atoms with E-state index in [-0.39, 0.29) is 5.91 Å². The number of carbonyl (C=O) groups is 1. The fraction of sp³-hybridized carbons (Fsp3) is 0.263. The number of ether oxygens (including phenoxy) is 1. The lowest BCUT2D eigenvalue weighted by atomic mass is 10.1. The Bertz CT molecular complexity index is 983. The van der Waals surface area contributed by atoms with Crippen LogP contribution in [0.5, 0.6) is 5.75 Å². The number of amides is 1. The molecule has 1 aromatic heterocycles. The van der Waals surface area contributed by atoms with Gasteiger partial charge in [-0.3, -0.25) is 4.79 Å². The van der Waals surface area contributed by atoms with Gasteiger partial charge in [-0.25, -0.2) is 0 Å². The summed E-state index contributed by atoms with van der Waals surface area (Å²) >= 11 is 1.53. The third kappa shape index (κ3) is 2.87. The smallest absolute Gasteiger partial charge is 0.279 e. The second kappa shape index (κ2) is 6.61. The summed E-state index contributed by atoms with van der Waals surface area (Å²) < 4.78 is 8.65. The lowest BCUT2D eigenvalue weighted by molar-refractivity contribution is 0.0997. The molecule has 0 atom stereocenters. The van der Waals surface area contributed by atoms with Crippen LogP contribution >= 0.6 is 11.3 Å². The van der Waals surface area contributed by atoms with E-state index in [1.54, 1.807) is 13.2 Å². The molecule has 0 aliphatic rings. The second-order valence-corrected chi connectivity index (χ2v) is 6.66. The predicted octanol–water partition coefficient (Wildman–Crippen LogP) is 4.09. The Morgan fingerprint density at radius 3 is 2.71 bits per heavy atom. The summed E-state index contributed by atoms with van der Waals surface area (Å²) in [5.41, 5.74) is 3.82. The van der Waals surface area contributed by atoms with Crippen molar-refractivity contribution >= 4 is 27.5 Å². The van der Waals surface area contributed by atoms with Gasteiger partial charge in [-0.15, -0.1) is 0 Å². The number of fused-ring (bicyclic) bond motifs is 1. The molecular formula is C19H20N2O2S. The molecule has 1 heterocycles. The third-order valence-electron chi connectivity index (χ3n) is 3.98. The lowest BCUT2D eigenvalue weighted by Gasteiger charge is -2.07. The molecule has 0 aliphatic carbocycles. The molecule has 2 aromatic carbocycles. The summed E-state index contributed by atoms with van der Waals surface area (Å²) in [5, 5.41) is 0. The molecule has 0 unspecified atom stereocenters. The van der Waals surface area contributed by atoms with Crippen LogP contribution in [0.25, 0.3) is 10.2 Å². The molecule has 124 valence electrons. The van der Waals surface area contributed by atoms with Gasteiger partial charge in [-0.2, -0.15) is 4.99 Å². The van der Waals surface area contributed by atoms with Crippen molar-refractivity contribution in [3.63, 3.8) is 0 Å². The van der Waals surface area contributed by atoms with Crippen molar-refractivity contribution in [1.29, 1.82) is 0 Å². The zero-order chi connectivity index (χ0) is 17.3. The molecule has 3 aromatic rings. The summed E-state index contributed by atoms with van der Waals surface area (Å²) in [6, 6.07) is 11.5. The Labute approximate surface area is 145 Å². The number of nitrogens with zero attached hydrogens (tertiary/aromatic N) is 2. The van der Waals surface area contributed by atoms with E-state index in [9.17, 15) is 4.79 Å². The van der Waals surface area contributed by atoms with E-state index >= 15 is 0 Å². The highest BCUT2D eigenvalue weighted by Crippen LogP contribution is 2.30. The van der Waals surface area contributed by atoms with Gasteiger partial charge >= 0.3 is 0 Å². The van der Waals surface area contributed by atoms with Crippen LogP contribution in [0.2, 0.25) is 0 Å². The van der Waals surface area contributed by atoms with Gasteiger partial charge in [0, 0.05) is 12.1 Å². The Hall–Kier alpha value is -2.40. The van der Waals surface area contributed by atoms with Crippen LogP contribution < -0.4 is 9.54 Å². The van der Waals surface area contributed by atoms with Gasteiger partial charge in [-0.05, 0) is 44.5 Å². The van der Waals surface area contributed by atoms with Gasteiger partial charge < -0.3 is 9.30 Å². The Kier molecular flexibility index (Phi) is 4.53. The molecule has 24 heavy (non-hydrogen) atoms. The summed E-state index contributed by atoms with van der Waals surface area (Å²) in [5.74, 6) is 0.585. The third-order valence-corrected chi connectivity index (χ3v) is 5.20. The summed E-state index contributed by atoms with van der Waals surface area (Å²) in [7, 11) is 1.66. The van der Waals surface area contributed by atoms with Crippen molar-refractivity contribution in [3.05, 3.63) is 57.9 Å². The van der Waals surface area contributed by atoms with Crippen LogP contribution in [0, 0.1) is 13.8 Å². The number of benzene rings is 2. The van der Waals surface area contributed by atoms with Crippen molar-refractivity contribution in [1.82, 2.24) is 4.57 Å². The maximum Gasteiger partial charge on any atom is 0.279 e. The molecule has 0 N–H and O–H groups in total.